The van der Waals surface area contributed by atoms with E-state index >= 15 is 0 Å². The molecule has 0 aromatic carbocycles. The second-order valence-electron chi connectivity index (χ2n) is 22.5. The minimum Gasteiger partial charge on any atom is -0.462 e. The Kier molecular flexibility index (Phi) is 33.2. The Morgan fingerprint density at radius 2 is 1.24 bits per heavy atom. The molecular formula is C61H93N3O26. The second-order valence-corrected chi connectivity index (χ2v) is 22.5. The Bertz CT molecular complexity index is 2440. The lowest BCUT2D eigenvalue weighted by Crippen LogP contribution is -2.65. The number of rotatable bonds is 12. The summed E-state index contributed by atoms with van der Waals surface area (Å²) < 4.78 is 45.3. The van der Waals surface area contributed by atoms with E-state index in [-0.39, 0.29) is 38.4 Å². The Labute approximate surface area is 522 Å². The van der Waals surface area contributed by atoms with Crippen LogP contribution >= 0.6 is 0 Å². The third-order valence-corrected chi connectivity index (χ3v) is 15.3. The van der Waals surface area contributed by atoms with Gasteiger partial charge in [0, 0.05) is 37.5 Å². The van der Waals surface area contributed by atoms with Crippen LogP contribution in [0.15, 0.2) is 110 Å². The fourth-order valence-corrected chi connectivity index (χ4v) is 10.1. The molecule has 4 aliphatic heterocycles. The fourth-order valence-electron chi connectivity index (χ4n) is 10.1. The molecule has 29 nitrogen and oxygen atoms in total. The van der Waals surface area contributed by atoms with E-state index in [1.807, 2.05) is 5.48 Å². The third-order valence-electron chi connectivity index (χ3n) is 15.3. The van der Waals surface area contributed by atoms with Crippen LogP contribution in [-0.2, 0) is 47.5 Å². The lowest BCUT2D eigenvalue weighted by molar-refractivity contribution is -0.312. The van der Waals surface area contributed by atoms with Crippen molar-refractivity contribution in [3.05, 3.63) is 110 Å². The van der Waals surface area contributed by atoms with E-state index in [2.05, 4.69) is 23.8 Å². The summed E-state index contributed by atoms with van der Waals surface area (Å²) in [6.45, 7) is 12.1. The molecule has 29 heteroatoms. The number of nitrogens with one attached hydrogen (secondary N) is 3. The zero-order valence-electron chi connectivity index (χ0n) is 50.8. The first kappa shape index (κ1) is 76.7. The van der Waals surface area contributed by atoms with Gasteiger partial charge in [0.05, 0.1) is 80.0 Å². The molecule has 0 aliphatic carbocycles. The number of carbonyl (C=O) groups excluding carboxylic acids is 4. The van der Waals surface area contributed by atoms with E-state index in [9.17, 15) is 85.6 Å². The smallest absolute Gasteiger partial charge is 0.462 e. The zero-order valence-corrected chi connectivity index (χ0v) is 50.8. The lowest BCUT2D eigenvalue weighted by atomic mass is 9.86. The number of hydrogen-bond donors (Lipinski definition) is 16. The number of amides is 3. The number of aliphatic hydroxyl groups is 13. The number of fused-ring (bicyclic) bond motifs is 2. The Balaban J connectivity index is 1.78. The lowest BCUT2D eigenvalue weighted by Gasteiger charge is -2.47. The van der Waals surface area contributed by atoms with Crippen LogP contribution in [0.3, 0.4) is 0 Å². The van der Waals surface area contributed by atoms with E-state index in [4.69, 9.17) is 42.7 Å². The van der Waals surface area contributed by atoms with Gasteiger partial charge in [-0.3, -0.25) is 4.79 Å². The van der Waals surface area contributed by atoms with Gasteiger partial charge >= 0.3 is 24.2 Å². The van der Waals surface area contributed by atoms with Gasteiger partial charge in [-0.15, -0.1) is 0 Å². The summed E-state index contributed by atoms with van der Waals surface area (Å²) >= 11 is 0. The number of carbonyl (C=O) groups is 4. The van der Waals surface area contributed by atoms with Crippen LogP contribution in [0.5, 0.6) is 0 Å². The maximum atomic E-state index is 13.9. The van der Waals surface area contributed by atoms with E-state index in [0.29, 0.717) is 0 Å². The molecule has 0 aromatic rings. The molecule has 0 spiro atoms. The average molecular weight is 1280 g/mol. The predicted molar refractivity (Wildman–Crippen MR) is 317 cm³/mol. The van der Waals surface area contributed by atoms with E-state index in [1.165, 1.54) is 31.2 Å². The molecular weight excluding hydrogens is 1190 g/mol. The molecule has 508 valence electrons. The molecule has 2 bridgehead atoms. The van der Waals surface area contributed by atoms with E-state index in [1.54, 1.807) is 93.7 Å². The maximum absolute atomic E-state index is 13.9. The normalized spacial score (nSPS) is 40.9. The SMILES string of the molecule is C=CCOC(=O)N[C@@H]1[C@H](O)[C@H](O[C@H]2/C=C/C=C/C=C/C=C/C=C/C=C/C=C/[C@H](C)[C@@H](O)[C@@H](C)[C@H](C)OC(=O)C[C@H](O)C[C@H](O)CC[C@@H](O)[C@H](O)C[C@H](O)C[C@]3(O)C[C@H](OC(=O)OCC=C)[C@@H](NC(=O)NO[C@@H]4OC(CO)[C@@H](O)C(O)C4O)[C@H](C2)O3)O[C@H](C)[C@H]1O. The highest BCUT2D eigenvalue weighted by Gasteiger charge is 2.52. The van der Waals surface area contributed by atoms with Crippen molar-refractivity contribution in [1.29, 1.82) is 0 Å². The number of esters is 1. The van der Waals surface area contributed by atoms with Gasteiger partial charge in [-0.05, 0) is 33.1 Å². The van der Waals surface area contributed by atoms with E-state index < -0.39 is 203 Å². The number of ether oxygens (including phenoxy) is 8. The fraction of sp³-hybridized carbons (Fsp3) is 0.639. The number of alkyl carbamates (subject to hydrolysis) is 1. The van der Waals surface area contributed by atoms with Crippen LogP contribution in [0.2, 0.25) is 0 Å². The summed E-state index contributed by atoms with van der Waals surface area (Å²) in [6, 6.07) is -4.39. The minimum absolute atomic E-state index is 0.203. The molecule has 3 unspecified atom stereocenters. The highest BCUT2D eigenvalue weighted by atomic mass is 16.8. The van der Waals surface area contributed by atoms with Crippen molar-refractivity contribution in [2.75, 3.05) is 19.8 Å². The van der Waals surface area contributed by atoms with Crippen molar-refractivity contribution >= 4 is 24.2 Å². The number of hydroxylamine groups is 1. The molecule has 90 heavy (non-hydrogen) atoms. The second kappa shape index (κ2) is 38.9. The van der Waals surface area contributed by atoms with Gasteiger partial charge in [0.25, 0.3) is 0 Å². The van der Waals surface area contributed by atoms with E-state index in [0.717, 1.165) is 0 Å². The Hall–Kier alpha value is -5.78. The molecule has 24 atom stereocenters. The first-order valence-electron chi connectivity index (χ1n) is 29.8. The number of hydrogen-bond acceptors (Lipinski definition) is 26. The van der Waals surface area contributed by atoms with Gasteiger partial charge < -0.3 is 115 Å². The van der Waals surface area contributed by atoms with Gasteiger partial charge in [-0.1, -0.05) is 124 Å². The molecule has 4 aliphatic rings. The average Bonchev–Trinajstić information content (AvgIpc) is 0.945. The summed E-state index contributed by atoms with van der Waals surface area (Å²) in [5.74, 6) is -4.22. The molecule has 16 N–H and O–H groups in total. The van der Waals surface area contributed by atoms with Crippen LogP contribution < -0.4 is 16.1 Å². The van der Waals surface area contributed by atoms with Crippen molar-refractivity contribution in [3.8, 4) is 0 Å². The van der Waals surface area contributed by atoms with Crippen molar-refractivity contribution in [2.24, 2.45) is 11.8 Å². The zero-order chi connectivity index (χ0) is 66.7. The summed E-state index contributed by atoms with van der Waals surface area (Å²) in [4.78, 5) is 58.0. The predicted octanol–water partition coefficient (Wildman–Crippen LogP) is -0.289. The first-order valence-corrected chi connectivity index (χ1v) is 29.8. The minimum atomic E-state index is -2.59. The van der Waals surface area contributed by atoms with Crippen LogP contribution in [-0.4, -0.2) is 245 Å². The van der Waals surface area contributed by atoms with Crippen LogP contribution in [0.25, 0.3) is 0 Å². The number of cyclic esters (lactones) is 1. The third kappa shape index (κ3) is 25.4. The van der Waals surface area contributed by atoms with Gasteiger partial charge in [0.15, 0.2) is 12.1 Å². The highest BCUT2D eigenvalue weighted by Crippen LogP contribution is 2.37. The first-order chi connectivity index (χ1) is 42.7. The molecule has 0 radical (unpaired) electrons. The molecule has 3 amide bonds. The van der Waals surface area contributed by atoms with Gasteiger partial charge in [-0.25, -0.2) is 24.7 Å². The number of allylic oxidation sites excluding steroid dienone is 12. The van der Waals surface area contributed by atoms with Crippen molar-refractivity contribution in [1.82, 2.24) is 16.1 Å². The number of aliphatic hydroxyl groups excluding tert-OH is 12. The largest absolute Gasteiger partial charge is 0.508 e. The standard InChI is InChI=1S/C61H93N3O26/c1-7-25-82-59(79)63-49-51(73)37(6)85-56(53(49)75)86-41-22-20-18-16-14-12-10-9-11-13-15-17-19-21-34(3)50(72)35(4)36(5)84-47(71)29-39(67)27-38(66)23-24-42(69)43(70)28-40(68)31-61(81)32-45(88-60(80)83-26-8-2)48(44(30-41)89-61)62-58(78)64-90-57-55(77)54(76)52(74)46(33-65)87-57/h7-22,34-46,48-57,65-70,72-77,81H,1-2,23-33H2,3-6H3,(H,63,79)(H2,62,64,78)/b10-9+,13-11+,14-12+,17-15+,18-16+,21-19+,22-20+/t34-,35-,36-,37+,38+,39+,40-,41-,42+,43+,44-,45-,46?,48-,49-,50+,51+,52+,53-,54?,55?,56-,57-,61+/m0/s1. The van der Waals surface area contributed by atoms with Crippen LogP contribution in [0, 0.1) is 11.8 Å². The van der Waals surface area contributed by atoms with Crippen molar-refractivity contribution < 1.29 is 128 Å². The molecule has 4 heterocycles. The van der Waals surface area contributed by atoms with Crippen molar-refractivity contribution in [3.63, 3.8) is 0 Å². The molecule has 3 saturated heterocycles. The summed E-state index contributed by atoms with van der Waals surface area (Å²) in [7, 11) is 0. The summed E-state index contributed by atoms with van der Waals surface area (Å²) in [6.07, 6.45) is -9.82. The number of urea groups is 1. The van der Waals surface area contributed by atoms with Gasteiger partial charge in [0.2, 0.25) is 6.29 Å². The van der Waals surface area contributed by atoms with Crippen molar-refractivity contribution in [2.45, 2.75) is 213 Å². The van der Waals surface area contributed by atoms with Gasteiger partial charge in [0.1, 0.15) is 62.0 Å². The Morgan fingerprint density at radius 1 is 0.633 bits per heavy atom. The highest BCUT2D eigenvalue weighted by molar-refractivity contribution is 5.73. The van der Waals surface area contributed by atoms with Crippen LogP contribution in [0.1, 0.15) is 79.1 Å². The topological polar surface area (TPSA) is 450 Å². The Morgan fingerprint density at radius 3 is 1.87 bits per heavy atom. The molecule has 0 saturated carbocycles. The monoisotopic (exact) mass is 1280 g/mol. The molecule has 3 fully saturated rings. The summed E-state index contributed by atoms with van der Waals surface area (Å²) in [5.41, 5.74) is 1.96. The quantitative estimate of drug-likeness (QED) is 0.0517. The van der Waals surface area contributed by atoms with Gasteiger partial charge in [-0.2, -0.15) is 0 Å². The maximum Gasteiger partial charge on any atom is 0.508 e. The molecule has 0 aromatic heterocycles. The molecule has 4 rings (SSSR count). The summed E-state index contributed by atoms with van der Waals surface area (Å²) in [5, 5.41) is 147. The van der Waals surface area contributed by atoms with Crippen LogP contribution in [0.4, 0.5) is 14.4 Å².